The third-order valence-corrected chi connectivity index (χ3v) is 3.05. The smallest absolute Gasteiger partial charge is 0.254 e. The zero-order valence-corrected chi connectivity index (χ0v) is 12.1. The van der Waals surface area contributed by atoms with E-state index >= 15 is 0 Å². The van der Waals surface area contributed by atoms with Crippen molar-refractivity contribution in [1.29, 1.82) is 5.26 Å². The molecule has 1 rings (SSSR count). The number of nitrogens with one attached hydrogen (secondary N) is 1. The molecule has 0 fully saturated rings. The molecule has 0 spiro atoms. The Balaban J connectivity index is 2.80. The first-order chi connectivity index (χ1) is 9.99. The first-order valence-corrected chi connectivity index (χ1v) is 6.56. The van der Waals surface area contributed by atoms with Crippen molar-refractivity contribution in [3.05, 3.63) is 35.9 Å². The topological polar surface area (TPSA) is 105 Å². The van der Waals surface area contributed by atoms with Crippen LogP contribution in [0.2, 0.25) is 0 Å². The summed E-state index contributed by atoms with van der Waals surface area (Å²) >= 11 is 0. The molecule has 112 valence electrons. The van der Waals surface area contributed by atoms with Crippen LogP contribution < -0.4 is 11.1 Å². The summed E-state index contributed by atoms with van der Waals surface area (Å²) in [5.74, 6) is -1.52. The van der Waals surface area contributed by atoms with Gasteiger partial charge in [-0.15, -0.1) is 0 Å². The van der Waals surface area contributed by atoms with Crippen molar-refractivity contribution in [2.24, 2.45) is 11.7 Å². The minimum absolute atomic E-state index is 0.169. The number of rotatable bonds is 7. The number of nitriles is 1. The number of amides is 2. The first-order valence-electron chi connectivity index (χ1n) is 6.56. The average molecular weight is 289 g/mol. The summed E-state index contributed by atoms with van der Waals surface area (Å²) in [7, 11) is 1.41. The van der Waals surface area contributed by atoms with Crippen LogP contribution in [0.5, 0.6) is 0 Å². The largest absolute Gasteiger partial charge is 0.368 e. The lowest BCUT2D eigenvalue weighted by Crippen LogP contribution is -2.47. The van der Waals surface area contributed by atoms with E-state index < -0.39 is 24.0 Å². The van der Waals surface area contributed by atoms with Crippen LogP contribution in [0.3, 0.4) is 0 Å². The van der Waals surface area contributed by atoms with Crippen LogP contribution in [0.1, 0.15) is 25.0 Å². The Morgan fingerprint density at radius 3 is 2.48 bits per heavy atom. The second-order valence-electron chi connectivity index (χ2n) is 4.76. The predicted molar refractivity (Wildman–Crippen MR) is 76.7 cm³/mol. The third kappa shape index (κ3) is 4.89. The Morgan fingerprint density at radius 2 is 2.00 bits per heavy atom. The zero-order valence-electron chi connectivity index (χ0n) is 12.1. The van der Waals surface area contributed by atoms with Crippen molar-refractivity contribution in [2.75, 3.05) is 7.11 Å². The summed E-state index contributed by atoms with van der Waals surface area (Å²) in [6, 6.07) is 10.0. The van der Waals surface area contributed by atoms with Crippen LogP contribution in [0.15, 0.2) is 30.3 Å². The molecule has 1 aromatic carbocycles. The second kappa shape index (κ2) is 8.02. The summed E-state index contributed by atoms with van der Waals surface area (Å²) in [4.78, 5) is 23.6. The molecule has 0 saturated carbocycles. The van der Waals surface area contributed by atoms with Gasteiger partial charge < -0.3 is 15.8 Å². The quantitative estimate of drug-likeness (QED) is 0.777. The highest BCUT2D eigenvalue weighted by molar-refractivity contribution is 5.89. The number of nitrogens with two attached hydrogens (primary N) is 1. The van der Waals surface area contributed by atoms with Gasteiger partial charge in [-0.1, -0.05) is 30.3 Å². The molecule has 0 unspecified atom stereocenters. The fourth-order valence-corrected chi connectivity index (χ4v) is 1.92. The summed E-state index contributed by atoms with van der Waals surface area (Å²) in [5, 5.41) is 11.3. The first kappa shape index (κ1) is 16.7. The number of ether oxygens (including phenoxy) is 1. The molecular formula is C15H19N3O3. The molecule has 0 radical (unpaired) electrons. The maximum absolute atomic E-state index is 12.2. The number of primary amides is 1. The Labute approximate surface area is 123 Å². The van der Waals surface area contributed by atoms with Crippen molar-refractivity contribution < 1.29 is 14.3 Å². The molecule has 1 aromatic rings. The highest BCUT2D eigenvalue weighted by Crippen LogP contribution is 2.17. The molecule has 3 atom stereocenters. The number of benzene rings is 1. The van der Waals surface area contributed by atoms with E-state index in [1.165, 1.54) is 7.11 Å². The Kier molecular flexibility index (Phi) is 6.37. The molecule has 2 amide bonds. The van der Waals surface area contributed by atoms with E-state index in [9.17, 15) is 9.59 Å². The van der Waals surface area contributed by atoms with E-state index in [1.54, 1.807) is 31.2 Å². The lowest BCUT2D eigenvalue weighted by molar-refractivity contribution is -0.135. The summed E-state index contributed by atoms with van der Waals surface area (Å²) in [6.07, 6.45) is -0.659. The molecule has 0 aliphatic rings. The highest BCUT2D eigenvalue weighted by Gasteiger charge is 2.26. The molecule has 0 heterocycles. The fraction of sp³-hybridized carbons (Fsp3) is 0.400. The van der Waals surface area contributed by atoms with Crippen LogP contribution in [0.4, 0.5) is 0 Å². The number of hydrogen-bond donors (Lipinski definition) is 2. The Morgan fingerprint density at radius 1 is 1.38 bits per heavy atom. The van der Waals surface area contributed by atoms with Gasteiger partial charge in [0, 0.05) is 13.0 Å². The van der Waals surface area contributed by atoms with Gasteiger partial charge in [-0.2, -0.15) is 5.26 Å². The molecule has 0 saturated heterocycles. The van der Waals surface area contributed by atoms with Crippen LogP contribution in [0.25, 0.3) is 0 Å². The fourth-order valence-electron chi connectivity index (χ4n) is 1.92. The number of hydrogen-bond acceptors (Lipinski definition) is 4. The second-order valence-corrected chi connectivity index (χ2v) is 4.76. The van der Waals surface area contributed by atoms with Crippen molar-refractivity contribution in [1.82, 2.24) is 5.32 Å². The summed E-state index contributed by atoms with van der Waals surface area (Å²) in [6.45, 7) is 1.66. The van der Waals surface area contributed by atoms with Gasteiger partial charge in [0.25, 0.3) is 5.91 Å². The lowest BCUT2D eigenvalue weighted by atomic mass is 10.0. The van der Waals surface area contributed by atoms with Gasteiger partial charge in [0.1, 0.15) is 6.04 Å². The molecule has 0 aliphatic carbocycles. The van der Waals surface area contributed by atoms with Crippen LogP contribution >= 0.6 is 0 Å². The maximum atomic E-state index is 12.2. The van der Waals surface area contributed by atoms with Crippen molar-refractivity contribution in [3.8, 4) is 6.07 Å². The van der Waals surface area contributed by atoms with Gasteiger partial charge >= 0.3 is 0 Å². The number of methoxy groups -OCH3 is 1. The van der Waals surface area contributed by atoms with E-state index in [4.69, 9.17) is 15.7 Å². The molecular weight excluding hydrogens is 270 g/mol. The average Bonchev–Trinajstić information content (AvgIpc) is 2.48. The molecule has 0 aliphatic heterocycles. The standard InChI is InChI=1S/C15H19N3O3/c1-10(9-16)8-12(14(17)19)18-15(20)13(21-2)11-6-4-3-5-7-11/h3-7,10,12-13H,8H2,1-2H3,(H2,17,19)(H,18,20)/t10-,12+,13-/m0/s1. The van der Waals surface area contributed by atoms with Crippen LogP contribution in [0, 0.1) is 17.2 Å². The number of carbonyl (C=O) groups is 2. The SMILES string of the molecule is CO[C@H](C(=O)N[C@H](C[C@H](C)C#N)C(N)=O)c1ccccc1. The van der Waals surface area contributed by atoms with Gasteiger partial charge in [0.05, 0.1) is 6.07 Å². The van der Waals surface area contributed by atoms with E-state index in [0.717, 1.165) is 0 Å². The van der Waals surface area contributed by atoms with Gasteiger partial charge in [0.2, 0.25) is 5.91 Å². The molecule has 6 nitrogen and oxygen atoms in total. The molecule has 6 heteroatoms. The van der Waals surface area contributed by atoms with Crippen LogP contribution in [-0.2, 0) is 14.3 Å². The monoisotopic (exact) mass is 289 g/mol. The van der Waals surface area contributed by atoms with E-state index in [2.05, 4.69) is 5.32 Å². The van der Waals surface area contributed by atoms with Gasteiger partial charge in [-0.25, -0.2) is 0 Å². The molecule has 21 heavy (non-hydrogen) atoms. The zero-order chi connectivity index (χ0) is 15.8. The highest BCUT2D eigenvalue weighted by atomic mass is 16.5. The molecule has 3 N–H and O–H groups in total. The number of nitrogens with zero attached hydrogens (tertiary/aromatic N) is 1. The number of carbonyl (C=O) groups excluding carboxylic acids is 2. The molecule has 0 aromatic heterocycles. The predicted octanol–water partition coefficient (Wildman–Crippen LogP) is 0.894. The normalized spacial score (nSPS) is 14.5. The van der Waals surface area contributed by atoms with E-state index in [1.807, 2.05) is 12.1 Å². The van der Waals surface area contributed by atoms with Crippen molar-refractivity contribution in [3.63, 3.8) is 0 Å². The van der Waals surface area contributed by atoms with Gasteiger partial charge in [-0.3, -0.25) is 9.59 Å². The van der Waals surface area contributed by atoms with Gasteiger partial charge in [0.15, 0.2) is 6.10 Å². The van der Waals surface area contributed by atoms with Crippen LogP contribution in [-0.4, -0.2) is 25.0 Å². The minimum Gasteiger partial charge on any atom is -0.368 e. The lowest BCUT2D eigenvalue weighted by Gasteiger charge is -2.21. The summed E-state index contributed by atoms with van der Waals surface area (Å²) < 4.78 is 5.18. The van der Waals surface area contributed by atoms with Crippen molar-refractivity contribution >= 4 is 11.8 Å². The maximum Gasteiger partial charge on any atom is 0.254 e. The van der Waals surface area contributed by atoms with Gasteiger partial charge in [-0.05, 0) is 18.9 Å². The van der Waals surface area contributed by atoms with Crippen molar-refractivity contribution in [2.45, 2.75) is 25.5 Å². The van der Waals surface area contributed by atoms with E-state index in [0.29, 0.717) is 5.56 Å². The van der Waals surface area contributed by atoms with E-state index in [-0.39, 0.29) is 12.3 Å². The Bertz CT molecular complexity index is 525. The third-order valence-electron chi connectivity index (χ3n) is 3.05. The molecule has 0 bridgehead atoms. The minimum atomic E-state index is -0.895. The summed E-state index contributed by atoms with van der Waals surface area (Å²) in [5.41, 5.74) is 5.94. The Hall–Kier alpha value is -2.39.